The molecule has 1 N–H and O–H groups in total. The van der Waals surface area contributed by atoms with E-state index < -0.39 is 59.4 Å². The molecule has 0 radical (unpaired) electrons. The van der Waals surface area contributed by atoms with E-state index in [1.54, 1.807) is 6.92 Å². The van der Waals surface area contributed by atoms with Crippen molar-refractivity contribution in [2.75, 3.05) is 20.0 Å². The molecule has 2 aliphatic heterocycles. The molecule has 11 nitrogen and oxygen atoms in total. The molecule has 0 bridgehead atoms. The molecule has 0 saturated carbocycles. The number of hydrogen-bond donors (Lipinski definition) is 1. The van der Waals surface area contributed by atoms with Crippen molar-refractivity contribution in [1.82, 2.24) is 14.8 Å². The van der Waals surface area contributed by atoms with Crippen molar-refractivity contribution in [2.24, 2.45) is 0 Å². The molecular weight excluding hydrogens is 496 g/mol. The zero-order valence-electron chi connectivity index (χ0n) is 20.1. The Labute approximate surface area is 209 Å². The van der Waals surface area contributed by atoms with Crippen molar-refractivity contribution in [3.63, 3.8) is 0 Å². The Morgan fingerprint density at radius 3 is 2.73 bits per heavy atom. The number of benzene rings is 1. The maximum atomic E-state index is 14.0. The zero-order valence-corrected chi connectivity index (χ0v) is 20.1. The summed E-state index contributed by atoms with van der Waals surface area (Å²) in [6.07, 6.45) is 0.121. The van der Waals surface area contributed by atoms with Gasteiger partial charge in [0.15, 0.2) is 11.9 Å². The summed E-state index contributed by atoms with van der Waals surface area (Å²) in [5.74, 6) is -3.56. The fourth-order valence-electron chi connectivity index (χ4n) is 4.17. The van der Waals surface area contributed by atoms with Crippen molar-refractivity contribution >= 4 is 18.0 Å². The summed E-state index contributed by atoms with van der Waals surface area (Å²) in [4.78, 5) is 52.6. The summed E-state index contributed by atoms with van der Waals surface area (Å²) in [5.41, 5.74) is -1.47. The van der Waals surface area contributed by atoms with E-state index in [0.717, 1.165) is 6.07 Å². The van der Waals surface area contributed by atoms with Crippen LogP contribution in [0, 0.1) is 11.6 Å². The monoisotopic (exact) mass is 521 g/mol. The Hall–Kier alpha value is -4.00. The molecule has 2 aromatic rings. The molecule has 2 aliphatic rings. The van der Waals surface area contributed by atoms with E-state index in [9.17, 15) is 28.0 Å². The van der Waals surface area contributed by atoms with E-state index in [1.807, 2.05) is 6.92 Å². The fraction of sp³-hybridized carbons (Fsp3) is 0.417. The Kier molecular flexibility index (Phi) is 7.71. The van der Waals surface area contributed by atoms with Crippen LogP contribution in [0.1, 0.15) is 46.7 Å². The number of nitrogens with zero attached hydrogens (tertiary/aromatic N) is 2. The van der Waals surface area contributed by atoms with Crippen LogP contribution in [0.4, 0.5) is 13.6 Å². The molecule has 1 fully saturated rings. The first kappa shape index (κ1) is 26.1. The molecule has 13 heteroatoms. The average molecular weight is 521 g/mol. The molecular formula is C24H25F2N3O8. The van der Waals surface area contributed by atoms with Gasteiger partial charge in [-0.1, -0.05) is 6.07 Å². The first-order chi connectivity index (χ1) is 17.7. The van der Waals surface area contributed by atoms with Gasteiger partial charge in [-0.3, -0.25) is 14.4 Å². The molecule has 198 valence electrons. The molecule has 1 saturated heterocycles. The van der Waals surface area contributed by atoms with E-state index >= 15 is 0 Å². The molecule has 0 spiro atoms. The number of ether oxygens (including phenoxy) is 4. The lowest BCUT2D eigenvalue weighted by Gasteiger charge is -2.44. The van der Waals surface area contributed by atoms with E-state index in [1.165, 1.54) is 21.7 Å². The van der Waals surface area contributed by atoms with Crippen LogP contribution in [0.25, 0.3) is 0 Å². The van der Waals surface area contributed by atoms with Gasteiger partial charge in [-0.05, 0) is 26.3 Å². The molecule has 1 aromatic carbocycles. The minimum absolute atomic E-state index is 0.00235. The van der Waals surface area contributed by atoms with Crippen LogP contribution in [-0.2, 0) is 27.3 Å². The van der Waals surface area contributed by atoms with Crippen LogP contribution >= 0.6 is 0 Å². The number of carbonyl (C=O) groups is 3. The predicted octanol–water partition coefficient (Wildman–Crippen LogP) is 2.16. The van der Waals surface area contributed by atoms with E-state index in [-0.39, 0.29) is 37.0 Å². The number of fused-ring (bicyclic) bond motifs is 2. The van der Waals surface area contributed by atoms with Crippen molar-refractivity contribution in [3.8, 4) is 5.75 Å². The molecule has 3 heterocycles. The predicted molar refractivity (Wildman–Crippen MR) is 122 cm³/mol. The van der Waals surface area contributed by atoms with Gasteiger partial charge in [-0.2, -0.15) is 0 Å². The molecule has 2 amide bonds. The Balaban J connectivity index is 1.66. The Morgan fingerprint density at radius 1 is 1.22 bits per heavy atom. The van der Waals surface area contributed by atoms with E-state index in [4.69, 9.17) is 14.2 Å². The zero-order chi connectivity index (χ0) is 26.7. The largest absolute Gasteiger partial charge is 0.511 e. The third kappa shape index (κ3) is 5.40. The second kappa shape index (κ2) is 10.9. The maximum absolute atomic E-state index is 14.0. The van der Waals surface area contributed by atoms with E-state index in [0.29, 0.717) is 19.1 Å². The van der Waals surface area contributed by atoms with Crippen molar-refractivity contribution < 1.29 is 42.1 Å². The van der Waals surface area contributed by atoms with Gasteiger partial charge >= 0.3 is 6.16 Å². The Bertz CT molecular complexity index is 1280. The number of hydrogen-bond acceptors (Lipinski definition) is 8. The molecule has 2 unspecified atom stereocenters. The Morgan fingerprint density at radius 2 is 2.00 bits per heavy atom. The van der Waals surface area contributed by atoms with Gasteiger partial charge in [0, 0.05) is 30.4 Å². The summed E-state index contributed by atoms with van der Waals surface area (Å²) in [6.45, 7) is 2.92. The third-order valence-corrected chi connectivity index (χ3v) is 6.00. The fourth-order valence-corrected chi connectivity index (χ4v) is 4.17. The van der Waals surface area contributed by atoms with Gasteiger partial charge in [-0.25, -0.2) is 13.6 Å². The lowest BCUT2D eigenvalue weighted by atomic mass is 10.1. The molecule has 0 aliphatic carbocycles. The van der Waals surface area contributed by atoms with Gasteiger partial charge in [-0.15, -0.1) is 0 Å². The number of rotatable bonds is 7. The number of carbonyl (C=O) groups excluding carboxylic acids is 3. The highest BCUT2D eigenvalue weighted by atomic mass is 19.1. The number of halogens is 2. The van der Waals surface area contributed by atoms with Crippen molar-refractivity contribution in [2.45, 2.75) is 45.6 Å². The standard InChI is InChI=1S/C24H25F2N3O8/c1-3-34-24(33)37-12-36-21-19-23(32)29-13(2)6-7-35-18(29)11-28(19)10-16(20(21)30)22(31)27-9-14-4-5-15(25)8-17(14)26/h4-5,8,10,13,18H,3,6-7,9,11-12H2,1-2H3,(H,27,31). The van der Waals surface area contributed by atoms with Gasteiger partial charge in [0.05, 0.1) is 19.8 Å². The van der Waals surface area contributed by atoms with Crippen LogP contribution in [0.15, 0.2) is 29.2 Å². The van der Waals surface area contributed by atoms with Crippen LogP contribution in [0.5, 0.6) is 5.75 Å². The highest BCUT2D eigenvalue weighted by Crippen LogP contribution is 2.30. The number of nitrogens with one attached hydrogen (secondary N) is 1. The minimum Gasteiger partial charge on any atom is -0.451 e. The summed E-state index contributed by atoms with van der Waals surface area (Å²) < 4.78 is 49.1. The highest BCUT2D eigenvalue weighted by molar-refractivity contribution is 5.99. The van der Waals surface area contributed by atoms with Gasteiger partial charge in [0.2, 0.25) is 18.0 Å². The average Bonchev–Trinajstić information content (AvgIpc) is 2.84. The minimum atomic E-state index is -1.05. The van der Waals surface area contributed by atoms with Crippen LogP contribution < -0.4 is 15.5 Å². The lowest BCUT2D eigenvalue weighted by Crippen LogP contribution is -2.57. The highest BCUT2D eigenvalue weighted by Gasteiger charge is 2.41. The maximum Gasteiger partial charge on any atom is 0.511 e. The summed E-state index contributed by atoms with van der Waals surface area (Å²) in [7, 11) is 0. The van der Waals surface area contributed by atoms with Gasteiger partial charge in [0.1, 0.15) is 17.2 Å². The topological polar surface area (TPSA) is 125 Å². The SMILES string of the molecule is CCOC(=O)OCOc1c2n(cc(C(=O)NCc3ccc(F)cc3F)c1=O)CC1OCCC(C)N1C2=O. The van der Waals surface area contributed by atoms with E-state index in [2.05, 4.69) is 10.1 Å². The second-order valence-corrected chi connectivity index (χ2v) is 8.39. The summed E-state index contributed by atoms with van der Waals surface area (Å²) in [5, 5.41) is 2.41. The van der Waals surface area contributed by atoms with Gasteiger partial charge in [0.25, 0.3) is 11.8 Å². The van der Waals surface area contributed by atoms with Crippen LogP contribution in [-0.4, -0.2) is 59.7 Å². The molecule has 4 rings (SSSR count). The van der Waals surface area contributed by atoms with Crippen LogP contribution in [0.2, 0.25) is 0 Å². The molecule has 2 atom stereocenters. The summed E-state index contributed by atoms with van der Waals surface area (Å²) in [6, 6.07) is 2.71. The first-order valence-corrected chi connectivity index (χ1v) is 11.6. The van der Waals surface area contributed by atoms with Crippen molar-refractivity contribution in [3.05, 3.63) is 63.1 Å². The molecule has 1 aromatic heterocycles. The number of aromatic nitrogens is 1. The normalized spacial score (nSPS) is 18.5. The first-order valence-electron chi connectivity index (χ1n) is 11.6. The number of amides is 2. The smallest absolute Gasteiger partial charge is 0.451 e. The molecule has 37 heavy (non-hydrogen) atoms. The lowest BCUT2D eigenvalue weighted by molar-refractivity contribution is -0.112. The quantitative estimate of drug-likeness (QED) is 0.434. The van der Waals surface area contributed by atoms with Gasteiger partial charge < -0.3 is 33.7 Å². The van der Waals surface area contributed by atoms with Crippen LogP contribution in [0.3, 0.4) is 0 Å². The third-order valence-electron chi connectivity index (χ3n) is 6.00. The summed E-state index contributed by atoms with van der Waals surface area (Å²) >= 11 is 0. The second-order valence-electron chi connectivity index (χ2n) is 8.39. The number of pyridine rings is 1. The van der Waals surface area contributed by atoms with Crippen molar-refractivity contribution in [1.29, 1.82) is 0 Å².